The van der Waals surface area contributed by atoms with Gasteiger partial charge in [-0.05, 0) is 37.1 Å². The zero-order chi connectivity index (χ0) is 19.9. The lowest BCUT2D eigenvalue weighted by molar-refractivity contribution is -0.119. The second-order valence-electron chi connectivity index (χ2n) is 6.16. The molecule has 1 heterocycles. The normalized spacial score (nSPS) is 16.0. The number of carbonyl (C=O) groups is 2. The van der Waals surface area contributed by atoms with Crippen LogP contribution >= 0.6 is 11.8 Å². The van der Waals surface area contributed by atoms with Gasteiger partial charge in [-0.15, -0.1) is 11.8 Å². The van der Waals surface area contributed by atoms with E-state index in [1.807, 2.05) is 6.07 Å². The summed E-state index contributed by atoms with van der Waals surface area (Å²) in [5.41, 5.74) is -0.244. The molecule has 1 aliphatic rings. The molecule has 0 unspecified atom stereocenters. The third-order valence-corrected chi connectivity index (χ3v) is 5.32. The fourth-order valence-corrected chi connectivity index (χ4v) is 3.83. The van der Waals surface area contributed by atoms with Crippen molar-refractivity contribution in [1.29, 1.82) is 0 Å². The van der Waals surface area contributed by atoms with Crippen LogP contribution in [0.1, 0.15) is 23.2 Å². The molecule has 0 aromatic heterocycles. The van der Waals surface area contributed by atoms with Gasteiger partial charge in [-0.3, -0.25) is 4.79 Å². The van der Waals surface area contributed by atoms with Gasteiger partial charge in [0.1, 0.15) is 17.3 Å². The molecule has 3 rings (SSSR count). The van der Waals surface area contributed by atoms with Crippen LogP contribution in [0.5, 0.6) is 0 Å². The number of para-hydroxylation sites is 1. The highest BCUT2D eigenvalue weighted by molar-refractivity contribution is 7.99. The number of amides is 1. The van der Waals surface area contributed by atoms with E-state index in [1.165, 1.54) is 17.8 Å². The lowest BCUT2D eigenvalue weighted by Gasteiger charge is -2.12. The highest BCUT2D eigenvalue weighted by Gasteiger charge is 2.19. The molecule has 28 heavy (non-hydrogen) atoms. The minimum absolute atomic E-state index is 0.163. The van der Waals surface area contributed by atoms with Crippen LogP contribution in [0.25, 0.3) is 0 Å². The number of rotatable bonds is 7. The molecule has 5 nitrogen and oxygen atoms in total. The molecule has 1 fully saturated rings. The molecule has 0 radical (unpaired) electrons. The summed E-state index contributed by atoms with van der Waals surface area (Å²) in [6.45, 7) is 0.101. The Kier molecular flexibility index (Phi) is 7.00. The SMILES string of the molecule is O=C(COC(=O)c1ccccc1SC[C@H]1CCCO1)Nc1c(F)cccc1F. The van der Waals surface area contributed by atoms with Crippen molar-refractivity contribution >= 4 is 29.3 Å². The van der Waals surface area contributed by atoms with Crippen LogP contribution in [0.4, 0.5) is 14.5 Å². The number of benzene rings is 2. The molecule has 1 aliphatic heterocycles. The maximum Gasteiger partial charge on any atom is 0.339 e. The maximum absolute atomic E-state index is 13.6. The smallest absolute Gasteiger partial charge is 0.339 e. The second-order valence-corrected chi connectivity index (χ2v) is 7.22. The summed E-state index contributed by atoms with van der Waals surface area (Å²) in [5.74, 6) is -2.61. The average molecular weight is 407 g/mol. The first kappa shape index (κ1) is 20.3. The molecule has 0 bridgehead atoms. The predicted octanol–water partition coefficient (Wildman–Crippen LogP) is 4.03. The van der Waals surface area contributed by atoms with Crippen LogP contribution < -0.4 is 5.32 Å². The lowest BCUT2D eigenvalue weighted by Crippen LogP contribution is -2.22. The maximum atomic E-state index is 13.6. The van der Waals surface area contributed by atoms with E-state index in [4.69, 9.17) is 9.47 Å². The van der Waals surface area contributed by atoms with Gasteiger partial charge in [0.15, 0.2) is 6.61 Å². The summed E-state index contributed by atoms with van der Waals surface area (Å²) in [5, 5.41) is 2.07. The van der Waals surface area contributed by atoms with Crippen LogP contribution in [0.15, 0.2) is 47.4 Å². The number of carbonyl (C=O) groups excluding carboxylic acids is 2. The van der Waals surface area contributed by atoms with Crippen molar-refractivity contribution in [3.05, 3.63) is 59.7 Å². The predicted molar refractivity (Wildman–Crippen MR) is 101 cm³/mol. The number of halogens is 2. The Bertz CT molecular complexity index is 836. The average Bonchev–Trinajstić information content (AvgIpc) is 3.21. The number of thioether (sulfide) groups is 1. The van der Waals surface area contributed by atoms with Gasteiger partial charge >= 0.3 is 5.97 Å². The fourth-order valence-electron chi connectivity index (χ4n) is 2.72. The standard InChI is InChI=1S/C20H19F2NO4S/c21-15-7-3-8-16(22)19(15)23-18(24)11-27-20(25)14-6-1-2-9-17(14)28-12-13-5-4-10-26-13/h1-3,6-9,13H,4-5,10-12H2,(H,23,24)/t13-/m1/s1. The van der Waals surface area contributed by atoms with Crippen LogP contribution in [-0.4, -0.2) is 36.9 Å². The highest BCUT2D eigenvalue weighted by atomic mass is 32.2. The van der Waals surface area contributed by atoms with Gasteiger partial charge < -0.3 is 14.8 Å². The lowest BCUT2D eigenvalue weighted by atomic mass is 10.2. The summed E-state index contributed by atoms with van der Waals surface area (Å²) >= 11 is 1.49. The quantitative estimate of drug-likeness (QED) is 0.555. The van der Waals surface area contributed by atoms with E-state index in [1.54, 1.807) is 18.2 Å². The number of hydrogen-bond donors (Lipinski definition) is 1. The van der Waals surface area contributed by atoms with Crippen LogP contribution in [0.3, 0.4) is 0 Å². The first-order valence-electron chi connectivity index (χ1n) is 8.79. The van der Waals surface area contributed by atoms with Crippen LogP contribution in [-0.2, 0) is 14.3 Å². The Hall–Kier alpha value is -2.45. The second kappa shape index (κ2) is 9.66. The third kappa shape index (κ3) is 5.30. The van der Waals surface area contributed by atoms with Crippen molar-refractivity contribution < 1.29 is 27.8 Å². The molecule has 148 valence electrons. The van der Waals surface area contributed by atoms with Crippen LogP contribution in [0.2, 0.25) is 0 Å². The van der Waals surface area contributed by atoms with Gasteiger partial charge in [-0.2, -0.15) is 0 Å². The number of ether oxygens (including phenoxy) is 2. The van der Waals surface area contributed by atoms with Gasteiger partial charge in [0.2, 0.25) is 0 Å². The van der Waals surface area contributed by atoms with Gasteiger partial charge in [0, 0.05) is 17.3 Å². The molecule has 2 aromatic carbocycles. The minimum atomic E-state index is -0.907. The van der Waals surface area contributed by atoms with Gasteiger partial charge in [-0.1, -0.05) is 18.2 Å². The summed E-state index contributed by atoms with van der Waals surface area (Å²) in [7, 11) is 0. The summed E-state index contributed by atoms with van der Waals surface area (Å²) in [4.78, 5) is 25.0. The molecule has 2 aromatic rings. The molecule has 1 atom stereocenters. The molecule has 0 aliphatic carbocycles. The van der Waals surface area contributed by atoms with Gasteiger partial charge in [0.25, 0.3) is 5.91 Å². The van der Waals surface area contributed by atoms with E-state index in [2.05, 4.69) is 5.32 Å². The molecular weight excluding hydrogens is 388 g/mol. The Morgan fingerprint density at radius 2 is 1.89 bits per heavy atom. The topological polar surface area (TPSA) is 64.6 Å². The monoisotopic (exact) mass is 407 g/mol. The molecule has 8 heteroatoms. The van der Waals surface area contributed by atoms with E-state index in [9.17, 15) is 18.4 Å². The summed E-state index contributed by atoms with van der Waals surface area (Å²) in [6, 6.07) is 10.1. The number of anilines is 1. The number of nitrogens with one attached hydrogen (secondary N) is 1. The first-order valence-corrected chi connectivity index (χ1v) is 9.77. The largest absolute Gasteiger partial charge is 0.452 e. The third-order valence-electron chi connectivity index (χ3n) is 4.12. The van der Waals surface area contributed by atoms with Crippen molar-refractivity contribution in [2.45, 2.75) is 23.8 Å². The summed E-state index contributed by atoms with van der Waals surface area (Å²) in [6.07, 6.45) is 2.19. The molecule has 0 saturated carbocycles. The molecular formula is C20H19F2NO4S. The van der Waals surface area contributed by atoms with Gasteiger partial charge in [0.05, 0.1) is 11.7 Å². The molecule has 1 N–H and O–H groups in total. The Labute approximate surface area is 165 Å². The van der Waals surface area contributed by atoms with Crippen molar-refractivity contribution in [3.63, 3.8) is 0 Å². The Morgan fingerprint density at radius 3 is 2.61 bits per heavy atom. The van der Waals surface area contributed by atoms with Crippen molar-refractivity contribution in [2.75, 3.05) is 24.3 Å². The van der Waals surface area contributed by atoms with Gasteiger partial charge in [-0.25, -0.2) is 13.6 Å². The van der Waals surface area contributed by atoms with Crippen molar-refractivity contribution in [1.82, 2.24) is 0 Å². The van der Waals surface area contributed by atoms with E-state index < -0.39 is 35.8 Å². The number of esters is 1. The minimum Gasteiger partial charge on any atom is -0.452 e. The van der Waals surface area contributed by atoms with E-state index in [0.29, 0.717) is 5.56 Å². The van der Waals surface area contributed by atoms with E-state index >= 15 is 0 Å². The Balaban J connectivity index is 1.56. The summed E-state index contributed by atoms with van der Waals surface area (Å²) < 4.78 is 37.7. The molecule has 0 spiro atoms. The number of hydrogen-bond acceptors (Lipinski definition) is 5. The van der Waals surface area contributed by atoms with Crippen molar-refractivity contribution in [2.24, 2.45) is 0 Å². The fraction of sp³-hybridized carbons (Fsp3) is 0.300. The van der Waals surface area contributed by atoms with E-state index in [-0.39, 0.29) is 6.10 Å². The molecule has 1 saturated heterocycles. The zero-order valence-electron chi connectivity index (χ0n) is 15.0. The van der Waals surface area contributed by atoms with E-state index in [0.717, 1.165) is 42.2 Å². The molecule has 1 amide bonds. The zero-order valence-corrected chi connectivity index (χ0v) is 15.8. The van der Waals surface area contributed by atoms with Crippen molar-refractivity contribution in [3.8, 4) is 0 Å². The first-order chi connectivity index (χ1) is 13.5. The Morgan fingerprint density at radius 1 is 1.14 bits per heavy atom. The highest BCUT2D eigenvalue weighted by Crippen LogP contribution is 2.27. The van der Waals surface area contributed by atoms with Crippen LogP contribution in [0, 0.1) is 11.6 Å².